The van der Waals surface area contributed by atoms with Crippen molar-refractivity contribution in [2.45, 2.75) is 20.3 Å². The van der Waals surface area contributed by atoms with Crippen molar-refractivity contribution in [3.8, 4) is 5.75 Å². The fourth-order valence-corrected chi connectivity index (χ4v) is 3.85. The zero-order valence-electron chi connectivity index (χ0n) is 14.2. The molecule has 0 spiro atoms. The van der Waals surface area contributed by atoms with Crippen molar-refractivity contribution in [2.75, 3.05) is 11.5 Å². The first-order valence-electron chi connectivity index (χ1n) is 8.22. The highest BCUT2D eigenvalue weighted by molar-refractivity contribution is 8.27. The molecule has 2 aromatic carbocycles. The number of carbonyl (C=O) groups excluding carboxylic acids is 1. The summed E-state index contributed by atoms with van der Waals surface area (Å²) in [5, 5.41) is 0. The number of nitrogens with zero attached hydrogens (tertiary/aromatic N) is 1. The van der Waals surface area contributed by atoms with Gasteiger partial charge in [0.25, 0.3) is 5.91 Å². The predicted molar refractivity (Wildman–Crippen MR) is 109 cm³/mol. The monoisotopic (exact) mass is 369 g/mol. The number of hydrogen-bond acceptors (Lipinski definition) is 4. The molecule has 3 rings (SSSR count). The van der Waals surface area contributed by atoms with Crippen molar-refractivity contribution in [1.29, 1.82) is 0 Å². The average Bonchev–Trinajstić information content (AvgIpc) is 2.90. The molecule has 1 fully saturated rings. The van der Waals surface area contributed by atoms with E-state index >= 15 is 0 Å². The summed E-state index contributed by atoms with van der Waals surface area (Å²) in [6, 6.07) is 15.6. The van der Waals surface area contributed by atoms with Gasteiger partial charge in [-0.05, 0) is 54.8 Å². The number of thiocarbonyl (C=S) groups is 1. The van der Waals surface area contributed by atoms with Crippen LogP contribution in [-0.2, 0) is 11.2 Å². The first-order valence-corrected chi connectivity index (χ1v) is 9.44. The number of aryl methyl sites for hydroxylation is 1. The van der Waals surface area contributed by atoms with Crippen molar-refractivity contribution >= 4 is 46.0 Å². The van der Waals surface area contributed by atoms with Crippen LogP contribution in [0.3, 0.4) is 0 Å². The van der Waals surface area contributed by atoms with E-state index < -0.39 is 0 Å². The molecule has 3 nitrogen and oxygen atoms in total. The minimum atomic E-state index is -0.0845. The molecule has 5 heteroatoms. The highest BCUT2D eigenvalue weighted by atomic mass is 32.2. The van der Waals surface area contributed by atoms with Gasteiger partial charge in [0.2, 0.25) is 0 Å². The van der Waals surface area contributed by atoms with Gasteiger partial charge in [-0.1, -0.05) is 55.2 Å². The summed E-state index contributed by atoms with van der Waals surface area (Å²) in [6.45, 7) is 4.67. The van der Waals surface area contributed by atoms with Crippen molar-refractivity contribution in [2.24, 2.45) is 0 Å². The van der Waals surface area contributed by atoms with E-state index in [1.54, 1.807) is 4.90 Å². The van der Waals surface area contributed by atoms with E-state index in [2.05, 4.69) is 19.1 Å². The van der Waals surface area contributed by atoms with Crippen LogP contribution in [0, 0.1) is 0 Å². The van der Waals surface area contributed by atoms with E-state index in [9.17, 15) is 4.79 Å². The van der Waals surface area contributed by atoms with E-state index in [0.29, 0.717) is 15.8 Å². The molecule has 0 unspecified atom stereocenters. The van der Waals surface area contributed by atoms with Crippen LogP contribution in [-0.4, -0.2) is 16.8 Å². The molecule has 1 saturated heterocycles. The third-order valence-corrected chi connectivity index (χ3v) is 5.19. The molecule has 0 bridgehead atoms. The number of anilines is 1. The summed E-state index contributed by atoms with van der Waals surface area (Å²) in [5.74, 6) is 0.696. The van der Waals surface area contributed by atoms with Gasteiger partial charge >= 0.3 is 0 Å². The summed E-state index contributed by atoms with van der Waals surface area (Å²) < 4.78 is 5.99. The van der Waals surface area contributed by atoms with Crippen molar-refractivity contribution < 1.29 is 9.53 Å². The summed E-state index contributed by atoms with van der Waals surface area (Å²) >= 11 is 6.75. The Bertz CT molecular complexity index is 811. The minimum absolute atomic E-state index is 0.0845. The Hall–Kier alpha value is -2.11. The van der Waals surface area contributed by atoms with Gasteiger partial charge in [0.15, 0.2) is 4.32 Å². The molecule has 0 radical (unpaired) electrons. The lowest BCUT2D eigenvalue weighted by Gasteiger charge is -2.15. The van der Waals surface area contributed by atoms with E-state index in [-0.39, 0.29) is 5.91 Å². The maximum Gasteiger partial charge on any atom is 0.270 e. The summed E-state index contributed by atoms with van der Waals surface area (Å²) in [4.78, 5) is 15.0. The topological polar surface area (TPSA) is 29.5 Å². The normalized spacial score (nSPS) is 15.9. The molecule has 1 amide bonds. The lowest BCUT2D eigenvalue weighted by Crippen LogP contribution is -2.27. The molecule has 0 saturated carbocycles. The van der Waals surface area contributed by atoms with Crippen LogP contribution in [0.25, 0.3) is 6.08 Å². The summed E-state index contributed by atoms with van der Waals surface area (Å²) in [5.41, 5.74) is 3.04. The maximum absolute atomic E-state index is 12.8. The average molecular weight is 370 g/mol. The third-order valence-electron chi connectivity index (χ3n) is 3.89. The van der Waals surface area contributed by atoms with Gasteiger partial charge in [0.05, 0.1) is 17.2 Å². The van der Waals surface area contributed by atoms with Crippen molar-refractivity contribution in [3.05, 3.63) is 64.6 Å². The molecule has 1 heterocycles. The minimum Gasteiger partial charge on any atom is -0.494 e. The second-order valence-corrected chi connectivity index (χ2v) is 7.21. The van der Waals surface area contributed by atoms with Gasteiger partial charge in [0.1, 0.15) is 5.75 Å². The second kappa shape index (κ2) is 7.85. The first kappa shape index (κ1) is 17.7. The van der Waals surface area contributed by atoms with Crippen LogP contribution >= 0.6 is 24.0 Å². The maximum atomic E-state index is 12.8. The molecule has 0 atom stereocenters. The van der Waals surface area contributed by atoms with E-state index in [1.807, 2.05) is 49.4 Å². The van der Waals surface area contributed by atoms with E-state index in [0.717, 1.165) is 23.4 Å². The smallest absolute Gasteiger partial charge is 0.270 e. The molecule has 2 aromatic rings. The lowest BCUT2D eigenvalue weighted by molar-refractivity contribution is -0.113. The summed E-state index contributed by atoms with van der Waals surface area (Å²) in [7, 11) is 0. The molecular weight excluding hydrogens is 350 g/mol. The third kappa shape index (κ3) is 3.94. The fourth-order valence-electron chi connectivity index (χ4n) is 2.55. The Morgan fingerprint density at radius 2 is 1.76 bits per heavy atom. The van der Waals surface area contributed by atoms with Crippen LogP contribution in [0.5, 0.6) is 5.75 Å². The van der Waals surface area contributed by atoms with Crippen LogP contribution in [0.1, 0.15) is 25.0 Å². The van der Waals surface area contributed by atoms with Gasteiger partial charge in [-0.15, -0.1) is 0 Å². The zero-order valence-corrected chi connectivity index (χ0v) is 15.8. The van der Waals surface area contributed by atoms with Crippen LogP contribution in [0.15, 0.2) is 53.4 Å². The Kier molecular flexibility index (Phi) is 5.56. The first-order chi connectivity index (χ1) is 12.1. The molecule has 1 aliphatic heterocycles. The van der Waals surface area contributed by atoms with Crippen LogP contribution in [0.2, 0.25) is 0 Å². The highest BCUT2D eigenvalue weighted by Crippen LogP contribution is 2.36. The van der Waals surface area contributed by atoms with Crippen molar-refractivity contribution in [1.82, 2.24) is 0 Å². The Morgan fingerprint density at radius 3 is 2.36 bits per heavy atom. The molecular formula is C20H19NO2S2. The SMILES string of the molecule is CCOc1ccc(N2C(=O)/C(=C/c3ccc(CC)cc3)SC2=S)cc1. The summed E-state index contributed by atoms with van der Waals surface area (Å²) in [6.07, 6.45) is 2.90. The number of thioether (sulfide) groups is 1. The lowest BCUT2D eigenvalue weighted by atomic mass is 10.1. The standard InChI is InChI=1S/C20H19NO2S2/c1-3-14-5-7-15(8-6-14)13-18-19(22)21(20(24)25-18)16-9-11-17(12-10-16)23-4-2/h5-13H,3-4H2,1-2H3/b18-13-. The van der Waals surface area contributed by atoms with Crippen molar-refractivity contribution in [3.63, 3.8) is 0 Å². The molecule has 128 valence electrons. The molecule has 0 aliphatic carbocycles. The van der Waals surface area contributed by atoms with Gasteiger partial charge in [-0.3, -0.25) is 9.69 Å². The number of carbonyl (C=O) groups is 1. The number of rotatable bonds is 5. The second-order valence-electron chi connectivity index (χ2n) is 5.54. The Balaban J connectivity index is 1.82. The highest BCUT2D eigenvalue weighted by Gasteiger charge is 2.33. The van der Waals surface area contributed by atoms with E-state index in [4.69, 9.17) is 17.0 Å². The van der Waals surface area contributed by atoms with Crippen LogP contribution in [0.4, 0.5) is 5.69 Å². The Labute approximate surface area is 157 Å². The fraction of sp³-hybridized carbons (Fsp3) is 0.200. The van der Waals surface area contributed by atoms with Gasteiger partial charge in [-0.25, -0.2) is 0 Å². The van der Waals surface area contributed by atoms with Gasteiger partial charge < -0.3 is 4.74 Å². The molecule has 1 aliphatic rings. The number of ether oxygens (including phenoxy) is 1. The molecule has 0 aromatic heterocycles. The zero-order chi connectivity index (χ0) is 17.8. The largest absolute Gasteiger partial charge is 0.494 e. The van der Waals surface area contributed by atoms with Gasteiger partial charge in [0, 0.05) is 0 Å². The van der Waals surface area contributed by atoms with E-state index in [1.165, 1.54) is 17.3 Å². The number of amides is 1. The van der Waals surface area contributed by atoms with Gasteiger partial charge in [-0.2, -0.15) is 0 Å². The molecule has 25 heavy (non-hydrogen) atoms. The number of hydrogen-bond donors (Lipinski definition) is 0. The Morgan fingerprint density at radius 1 is 1.08 bits per heavy atom. The predicted octanol–water partition coefficient (Wildman–Crippen LogP) is 5.05. The van der Waals surface area contributed by atoms with Crippen LogP contribution < -0.4 is 9.64 Å². The number of benzene rings is 2. The molecule has 0 N–H and O–H groups in total. The quantitative estimate of drug-likeness (QED) is 0.545.